The van der Waals surface area contributed by atoms with E-state index in [9.17, 15) is 0 Å². The van der Waals surface area contributed by atoms with Crippen molar-refractivity contribution in [3.63, 3.8) is 0 Å². The Kier molecular flexibility index (Phi) is 13.9. The molecule has 0 amide bonds. The molecule has 0 spiro atoms. The van der Waals surface area contributed by atoms with E-state index in [4.69, 9.17) is 0 Å². The number of halogens is 2. The fraction of sp³-hybridized carbons (Fsp3) is 0.154. The molecule has 0 aliphatic heterocycles. The van der Waals surface area contributed by atoms with Gasteiger partial charge in [-0.05, 0) is 12.8 Å². The maximum atomic E-state index is 2.20. The molecule has 0 aliphatic rings. The predicted molar refractivity (Wildman–Crippen MR) is 114 cm³/mol. The average molecular weight is 501 g/mol. The summed E-state index contributed by atoms with van der Waals surface area (Å²) in [6.45, 7) is 4.39. The summed E-state index contributed by atoms with van der Waals surface area (Å²) in [4.78, 5) is 0. The van der Waals surface area contributed by atoms with E-state index in [1.165, 1.54) is 33.4 Å². The van der Waals surface area contributed by atoms with Gasteiger partial charge < -0.3 is 24.8 Å². The summed E-state index contributed by atoms with van der Waals surface area (Å²) >= 11 is 0. The molecule has 0 unspecified atom stereocenters. The first-order valence-electron chi connectivity index (χ1n) is 9.43. The zero-order chi connectivity index (χ0) is 18.2. The number of benzene rings is 2. The van der Waals surface area contributed by atoms with E-state index >= 15 is 0 Å². The van der Waals surface area contributed by atoms with Crippen molar-refractivity contribution in [1.29, 1.82) is 0 Å². The Labute approximate surface area is 207 Å². The molecule has 0 heterocycles. The Balaban J connectivity index is 0.000000490. The van der Waals surface area contributed by atoms with Crippen LogP contribution in [0.1, 0.15) is 25.0 Å². The van der Waals surface area contributed by atoms with E-state index in [0.29, 0.717) is 0 Å². The molecule has 0 bridgehead atoms. The Morgan fingerprint density at radius 3 is 1.17 bits per heavy atom. The van der Waals surface area contributed by atoms with Crippen LogP contribution >= 0.6 is 0 Å². The molecule has 148 valence electrons. The fourth-order valence-electron chi connectivity index (χ4n) is 3.33. The van der Waals surface area contributed by atoms with Crippen molar-refractivity contribution in [2.75, 3.05) is 0 Å². The summed E-state index contributed by atoms with van der Waals surface area (Å²) in [6, 6.07) is 34.1. The van der Waals surface area contributed by atoms with Crippen LogP contribution in [0.3, 0.4) is 0 Å². The molecule has 0 nitrogen and oxygen atoms in total. The molecule has 3 heteroatoms. The summed E-state index contributed by atoms with van der Waals surface area (Å²) in [5.74, 6) is 0. The number of aryl methyl sites for hydroxylation is 2. The maximum absolute atomic E-state index is 2.20. The Morgan fingerprint density at radius 2 is 0.862 bits per heavy atom. The molecule has 4 rings (SSSR count). The molecule has 0 saturated heterocycles. The van der Waals surface area contributed by atoms with E-state index in [1.54, 1.807) is 0 Å². The maximum Gasteiger partial charge on any atom is 4.00 e. The van der Waals surface area contributed by atoms with Gasteiger partial charge in [0.1, 0.15) is 0 Å². The van der Waals surface area contributed by atoms with Crippen LogP contribution in [0.4, 0.5) is 0 Å². The van der Waals surface area contributed by atoms with Crippen molar-refractivity contribution in [2.45, 2.75) is 26.7 Å². The predicted octanol–water partition coefficient (Wildman–Crippen LogP) is 1.28. The van der Waals surface area contributed by atoms with Crippen molar-refractivity contribution < 1.29 is 51.0 Å². The molecule has 0 aromatic heterocycles. The third kappa shape index (κ3) is 7.41. The van der Waals surface area contributed by atoms with Gasteiger partial charge in [-0.15, -0.1) is 70.8 Å². The quantitative estimate of drug-likeness (QED) is 0.371. The number of rotatable bonds is 4. The van der Waals surface area contributed by atoms with Gasteiger partial charge in [0.25, 0.3) is 0 Å². The van der Waals surface area contributed by atoms with Crippen LogP contribution in [0.15, 0.2) is 97.1 Å². The first kappa shape index (κ1) is 27.6. The van der Waals surface area contributed by atoms with Gasteiger partial charge in [-0.25, -0.2) is 0 Å². The molecule has 0 aliphatic carbocycles. The summed E-state index contributed by atoms with van der Waals surface area (Å²) < 4.78 is 0. The van der Waals surface area contributed by atoms with Crippen LogP contribution in [0.5, 0.6) is 0 Å². The molecule has 29 heavy (non-hydrogen) atoms. The Morgan fingerprint density at radius 1 is 0.517 bits per heavy atom. The first-order chi connectivity index (χ1) is 12.8. The zero-order valence-electron chi connectivity index (χ0n) is 16.9. The molecule has 0 radical (unpaired) electrons. The molecule has 0 N–H and O–H groups in total. The standard InChI is InChI=1S/2C13H13.2ClH.Zr/c2*1-2-11-9-6-10-13(11)12-7-4-3-5-8-12;;;/h2*3-10H,2H2,1H3;2*1H;/q2*-1;;;+4/p-2. The van der Waals surface area contributed by atoms with Crippen molar-refractivity contribution in [2.24, 2.45) is 0 Å². The summed E-state index contributed by atoms with van der Waals surface area (Å²) in [5, 5.41) is 0. The molecule has 0 fully saturated rings. The second kappa shape index (κ2) is 14.6. The number of hydrogen-bond donors (Lipinski definition) is 0. The van der Waals surface area contributed by atoms with Gasteiger partial charge in [0.2, 0.25) is 0 Å². The summed E-state index contributed by atoms with van der Waals surface area (Å²) in [5.41, 5.74) is 8.28. The molecular weight excluding hydrogens is 474 g/mol. The van der Waals surface area contributed by atoms with E-state index in [2.05, 4.69) is 111 Å². The second-order valence-electron chi connectivity index (χ2n) is 6.37. The zero-order valence-corrected chi connectivity index (χ0v) is 20.9. The molecule has 0 atom stereocenters. The van der Waals surface area contributed by atoms with Gasteiger partial charge in [-0.3, -0.25) is 0 Å². The SMILES string of the molecule is CCc1ccc[c-]1-c1ccccc1.CCc1ccc[c-]1-c1ccccc1.[Cl-].[Cl-].[Zr+4]. The molecule has 4 aromatic rings. The second-order valence-corrected chi connectivity index (χ2v) is 6.37. The van der Waals surface area contributed by atoms with Crippen LogP contribution in [0.25, 0.3) is 22.3 Å². The minimum Gasteiger partial charge on any atom is -1.00 e. The molecular formula is C26H26Cl2Zr. The van der Waals surface area contributed by atoms with Crippen LogP contribution in [-0.4, -0.2) is 0 Å². The van der Waals surface area contributed by atoms with Crippen LogP contribution in [-0.2, 0) is 39.0 Å². The molecule has 0 saturated carbocycles. The van der Waals surface area contributed by atoms with Crippen LogP contribution < -0.4 is 24.8 Å². The fourth-order valence-corrected chi connectivity index (χ4v) is 3.33. The normalized spacial score (nSPS) is 9.17. The smallest absolute Gasteiger partial charge is 1.00 e. The average Bonchev–Trinajstić information content (AvgIpc) is 3.39. The monoisotopic (exact) mass is 498 g/mol. The third-order valence-electron chi connectivity index (χ3n) is 4.74. The topological polar surface area (TPSA) is 0 Å². The van der Waals surface area contributed by atoms with Gasteiger partial charge in [0, 0.05) is 0 Å². The van der Waals surface area contributed by atoms with Gasteiger partial charge >= 0.3 is 26.2 Å². The minimum atomic E-state index is 0. The van der Waals surface area contributed by atoms with Crippen LogP contribution in [0.2, 0.25) is 0 Å². The Hall–Kier alpha value is -1.40. The molecule has 4 aromatic carbocycles. The van der Waals surface area contributed by atoms with Gasteiger partial charge in [-0.2, -0.15) is 12.1 Å². The number of hydrogen-bond acceptors (Lipinski definition) is 0. The third-order valence-corrected chi connectivity index (χ3v) is 4.74. The van der Waals surface area contributed by atoms with Crippen LogP contribution in [0, 0.1) is 0 Å². The summed E-state index contributed by atoms with van der Waals surface area (Å²) in [7, 11) is 0. The van der Waals surface area contributed by atoms with E-state index in [-0.39, 0.29) is 51.0 Å². The Bertz CT molecular complexity index is 830. The van der Waals surface area contributed by atoms with Gasteiger partial charge in [0.15, 0.2) is 0 Å². The van der Waals surface area contributed by atoms with Crippen molar-refractivity contribution in [3.05, 3.63) is 108 Å². The van der Waals surface area contributed by atoms with E-state index in [1.807, 2.05) is 0 Å². The van der Waals surface area contributed by atoms with Crippen molar-refractivity contribution in [1.82, 2.24) is 0 Å². The van der Waals surface area contributed by atoms with Crippen molar-refractivity contribution in [3.8, 4) is 22.3 Å². The van der Waals surface area contributed by atoms with Gasteiger partial charge in [0.05, 0.1) is 0 Å². The first-order valence-corrected chi connectivity index (χ1v) is 9.43. The van der Waals surface area contributed by atoms with Gasteiger partial charge in [-0.1, -0.05) is 61.4 Å². The van der Waals surface area contributed by atoms with E-state index in [0.717, 1.165) is 12.8 Å². The largest absolute Gasteiger partial charge is 4.00 e. The van der Waals surface area contributed by atoms with Crippen molar-refractivity contribution >= 4 is 0 Å². The summed E-state index contributed by atoms with van der Waals surface area (Å²) in [6.07, 6.45) is 2.22. The minimum absolute atomic E-state index is 0. The van der Waals surface area contributed by atoms with E-state index < -0.39 is 0 Å².